The number of para-hydroxylation sites is 1. The van der Waals surface area contributed by atoms with Crippen LogP contribution in [0.4, 0.5) is 17.1 Å². The Kier molecular flexibility index (Phi) is 5.18. The lowest BCUT2D eigenvalue weighted by atomic mass is 9.83. The van der Waals surface area contributed by atoms with E-state index in [-0.39, 0.29) is 30.4 Å². The average molecular weight is 505 g/mol. The Morgan fingerprint density at radius 3 is 2.45 bits per heavy atom. The summed E-state index contributed by atoms with van der Waals surface area (Å²) >= 11 is 0. The molecule has 0 aromatic heterocycles. The van der Waals surface area contributed by atoms with E-state index in [1.165, 1.54) is 0 Å². The van der Waals surface area contributed by atoms with Crippen molar-refractivity contribution in [2.75, 3.05) is 16.4 Å². The van der Waals surface area contributed by atoms with Crippen LogP contribution in [0, 0.1) is 5.92 Å². The predicted molar refractivity (Wildman–Crippen MR) is 147 cm³/mol. The summed E-state index contributed by atoms with van der Waals surface area (Å²) in [6.07, 6.45) is 1.12. The van der Waals surface area contributed by atoms with Crippen molar-refractivity contribution >= 4 is 39.6 Å². The molecule has 190 valence electrons. The average Bonchev–Trinajstić information content (AvgIpc) is 3.51. The molecular formula is C32H28N2O4. The molecule has 0 radical (unpaired) electrons. The molecule has 38 heavy (non-hydrogen) atoms. The summed E-state index contributed by atoms with van der Waals surface area (Å²) in [5, 5.41) is 11.5. The number of fused-ring (bicyclic) bond motifs is 2. The van der Waals surface area contributed by atoms with Gasteiger partial charge in [-0.05, 0) is 54.1 Å². The molecule has 2 amide bonds. The van der Waals surface area contributed by atoms with Gasteiger partial charge in [-0.1, -0.05) is 61.5 Å². The summed E-state index contributed by atoms with van der Waals surface area (Å²) in [5.74, 6) is -0.0712. The monoisotopic (exact) mass is 504 g/mol. The highest BCUT2D eigenvalue weighted by Crippen LogP contribution is 2.53. The minimum atomic E-state index is -1.01. The van der Waals surface area contributed by atoms with Crippen LogP contribution in [-0.2, 0) is 21.7 Å². The fraction of sp³-hybridized carbons (Fsp3) is 0.250. The lowest BCUT2D eigenvalue weighted by Gasteiger charge is -2.28. The maximum atomic E-state index is 14.0. The Balaban J connectivity index is 1.19. The van der Waals surface area contributed by atoms with Crippen LogP contribution in [0.2, 0.25) is 0 Å². The van der Waals surface area contributed by atoms with Crippen LogP contribution in [0.15, 0.2) is 84.9 Å². The highest BCUT2D eigenvalue weighted by Gasteiger charge is 2.59. The van der Waals surface area contributed by atoms with E-state index in [1.54, 1.807) is 4.90 Å². The number of amides is 2. The number of carbonyl (C=O) groups is 2. The lowest BCUT2D eigenvalue weighted by Crippen LogP contribution is -2.43. The normalized spacial score (nSPS) is 23.7. The first-order valence-electron chi connectivity index (χ1n) is 13.2. The molecule has 6 nitrogen and oxygen atoms in total. The second-order valence-corrected chi connectivity index (χ2v) is 10.5. The first-order valence-corrected chi connectivity index (χ1v) is 13.2. The topological polar surface area (TPSA) is 70.1 Å². The molecule has 3 heterocycles. The van der Waals surface area contributed by atoms with Crippen molar-refractivity contribution in [3.8, 4) is 0 Å². The van der Waals surface area contributed by atoms with Crippen molar-refractivity contribution < 1.29 is 19.4 Å². The summed E-state index contributed by atoms with van der Waals surface area (Å²) < 4.78 is 6.43. The molecular weight excluding hydrogens is 476 g/mol. The van der Waals surface area contributed by atoms with Crippen LogP contribution in [0.1, 0.15) is 41.3 Å². The number of rotatable bonds is 5. The van der Waals surface area contributed by atoms with Gasteiger partial charge in [0.1, 0.15) is 0 Å². The molecule has 1 N–H and O–H groups in total. The van der Waals surface area contributed by atoms with Crippen LogP contribution >= 0.6 is 0 Å². The van der Waals surface area contributed by atoms with Gasteiger partial charge in [0.05, 0.1) is 29.6 Å². The Morgan fingerprint density at radius 2 is 1.66 bits per heavy atom. The van der Waals surface area contributed by atoms with Gasteiger partial charge in [0, 0.05) is 29.2 Å². The van der Waals surface area contributed by atoms with Crippen molar-refractivity contribution in [3.63, 3.8) is 0 Å². The van der Waals surface area contributed by atoms with E-state index in [0.717, 1.165) is 50.9 Å². The summed E-state index contributed by atoms with van der Waals surface area (Å²) in [6.45, 7) is 2.51. The van der Waals surface area contributed by atoms with Crippen molar-refractivity contribution in [2.24, 2.45) is 5.92 Å². The highest BCUT2D eigenvalue weighted by molar-refractivity contribution is 6.27. The van der Waals surface area contributed by atoms with Crippen LogP contribution in [0.3, 0.4) is 0 Å². The van der Waals surface area contributed by atoms with Gasteiger partial charge in [-0.3, -0.25) is 14.5 Å². The number of anilines is 3. The molecule has 6 heteroatoms. The van der Waals surface area contributed by atoms with E-state index >= 15 is 0 Å². The van der Waals surface area contributed by atoms with Crippen molar-refractivity contribution in [2.45, 2.75) is 38.0 Å². The fourth-order valence-corrected chi connectivity index (χ4v) is 6.61. The summed E-state index contributed by atoms with van der Waals surface area (Å²) in [5.41, 5.74) is 4.14. The third kappa shape index (κ3) is 3.14. The maximum absolute atomic E-state index is 14.0. The summed E-state index contributed by atoms with van der Waals surface area (Å²) in [6, 6.07) is 27.6. The van der Waals surface area contributed by atoms with Gasteiger partial charge in [0.2, 0.25) is 0 Å². The van der Waals surface area contributed by atoms with Crippen molar-refractivity contribution in [1.82, 2.24) is 0 Å². The smallest absolute Gasteiger partial charge is 0.264 e. The Hall–Kier alpha value is -4.00. The minimum absolute atomic E-state index is 0.00518. The Labute approximate surface area is 221 Å². The number of hydrogen-bond donors (Lipinski definition) is 1. The number of benzene rings is 4. The van der Waals surface area contributed by atoms with E-state index in [4.69, 9.17) is 4.74 Å². The quantitative estimate of drug-likeness (QED) is 0.380. The largest absolute Gasteiger partial charge is 0.396 e. The fourth-order valence-electron chi connectivity index (χ4n) is 6.61. The highest BCUT2D eigenvalue weighted by atomic mass is 16.5. The molecule has 1 saturated heterocycles. The molecule has 3 aliphatic heterocycles. The number of hydrogen-bond acceptors (Lipinski definition) is 4. The van der Waals surface area contributed by atoms with Gasteiger partial charge in [0.25, 0.3) is 11.8 Å². The molecule has 0 bridgehead atoms. The zero-order valence-corrected chi connectivity index (χ0v) is 21.1. The van der Waals surface area contributed by atoms with Gasteiger partial charge in [-0.15, -0.1) is 0 Å². The Bertz CT molecular complexity index is 1590. The molecule has 1 fully saturated rings. The first-order chi connectivity index (χ1) is 18.5. The Morgan fingerprint density at radius 1 is 0.921 bits per heavy atom. The molecule has 1 spiro atoms. The van der Waals surface area contributed by atoms with E-state index < -0.39 is 5.60 Å². The van der Waals surface area contributed by atoms with E-state index in [2.05, 4.69) is 6.92 Å². The van der Waals surface area contributed by atoms with Gasteiger partial charge < -0.3 is 14.7 Å². The maximum Gasteiger partial charge on any atom is 0.264 e. The molecule has 4 aromatic rings. The van der Waals surface area contributed by atoms with Crippen LogP contribution in [0.5, 0.6) is 0 Å². The molecule has 3 aliphatic rings. The van der Waals surface area contributed by atoms with Crippen molar-refractivity contribution in [3.05, 3.63) is 102 Å². The van der Waals surface area contributed by atoms with Crippen molar-refractivity contribution in [1.29, 1.82) is 0 Å². The molecule has 7 rings (SSSR count). The third-order valence-corrected chi connectivity index (χ3v) is 8.36. The summed E-state index contributed by atoms with van der Waals surface area (Å²) in [4.78, 5) is 30.9. The minimum Gasteiger partial charge on any atom is -0.396 e. The van der Waals surface area contributed by atoms with Gasteiger partial charge in [-0.2, -0.15) is 0 Å². The lowest BCUT2D eigenvalue weighted by molar-refractivity contribution is -0.146. The zero-order chi connectivity index (χ0) is 26.0. The van der Waals surface area contributed by atoms with E-state index in [9.17, 15) is 14.7 Å². The number of ether oxygens (including phenoxy) is 1. The molecule has 3 atom stereocenters. The zero-order valence-electron chi connectivity index (χ0n) is 21.1. The third-order valence-electron chi connectivity index (χ3n) is 8.36. The van der Waals surface area contributed by atoms with Crippen LogP contribution in [-0.4, -0.2) is 29.6 Å². The van der Waals surface area contributed by atoms with Crippen LogP contribution < -0.4 is 9.80 Å². The van der Waals surface area contributed by atoms with Gasteiger partial charge in [0.15, 0.2) is 5.60 Å². The second-order valence-electron chi connectivity index (χ2n) is 10.5. The first kappa shape index (κ1) is 23.1. The number of carbonyl (C=O) groups excluding carboxylic acids is 2. The molecule has 0 unspecified atom stereocenters. The number of aliphatic hydroxyl groups excluding tert-OH is 1. The predicted octanol–water partition coefficient (Wildman–Crippen LogP) is 5.68. The second kappa shape index (κ2) is 8.51. The molecule has 4 aromatic carbocycles. The van der Waals surface area contributed by atoms with Gasteiger partial charge in [-0.25, -0.2) is 0 Å². The van der Waals surface area contributed by atoms with Gasteiger partial charge >= 0.3 is 0 Å². The number of aliphatic hydroxyl groups is 1. The molecule has 0 saturated carbocycles. The number of nitrogens with zero attached hydrogens (tertiary/aromatic N) is 2. The summed E-state index contributed by atoms with van der Waals surface area (Å²) in [7, 11) is 0. The standard InChI is InChI=1S/C32H28N2O4/c1-20-18-24(16-17-35)38-32(20)26-9-2-3-10-27(26)33(31(32)37)19-21-12-14-23(15-13-21)34-28-11-5-7-22-6-4-8-25(29(22)28)30(34)36/h2-15,20,24,35H,16-19H2,1H3/t20-,24+,32+/m0/s1. The van der Waals surface area contributed by atoms with E-state index in [1.807, 2.05) is 89.8 Å². The SMILES string of the molecule is C[C@H]1C[C@@H](CCO)O[C@]12C(=O)N(Cc1ccc(N3C(=O)c4cccc5cccc3c45)cc1)c1ccccc12. The molecule has 0 aliphatic carbocycles. The van der Waals surface area contributed by atoms with Crippen LogP contribution in [0.25, 0.3) is 10.8 Å². The van der Waals surface area contributed by atoms with E-state index in [0.29, 0.717) is 13.0 Å².